The summed E-state index contributed by atoms with van der Waals surface area (Å²) in [6, 6.07) is 1.90. The minimum absolute atomic E-state index is 0.793. The van der Waals surface area contributed by atoms with Crippen LogP contribution in [0.25, 0.3) is 5.69 Å². The molecule has 0 atom stereocenters. The molecule has 0 amide bonds. The standard InChI is InChI=1S/C9H10Br2N4/c1-2-3-6-8(9(11)13-12-6)15-5-4-7(10)14-15/h4-5H,2-3H2,1H3,(H,12,13). The van der Waals surface area contributed by atoms with E-state index in [0.29, 0.717) is 0 Å². The lowest BCUT2D eigenvalue weighted by atomic mass is 10.2. The predicted octanol–water partition coefficient (Wildman–Crippen LogP) is 3.07. The summed E-state index contributed by atoms with van der Waals surface area (Å²) in [6.45, 7) is 2.14. The van der Waals surface area contributed by atoms with Crippen LogP contribution in [0.3, 0.4) is 0 Å². The average molecular weight is 334 g/mol. The smallest absolute Gasteiger partial charge is 0.153 e. The molecule has 15 heavy (non-hydrogen) atoms. The number of hydrogen-bond acceptors (Lipinski definition) is 2. The molecule has 2 heterocycles. The first-order chi connectivity index (χ1) is 7.22. The van der Waals surface area contributed by atoms with Crippen LogP contribution in [0.2, 0.25) is 0 Å². The van der Waals surface area contributed by atoms with Crippen molar-refractivity contribution in [3.8, 4) is 5.69 Å². The van der Waals surface area contributed by atoms with Gasteiger partial charge in [-0.3, -0.25) is 5.10 Å². The number of nitrogens with one attached hydrogen (secondary N) is 1. The summed E-state index contributed by atoms with van der Waals surface area (Å²) in [5.74, 6) is 0. The summed E-state index contributed by atoms with van der Waals surface area (Å²) in [5, 5.41) is 11.4. The first-order valence-corrected chi connectivity index (χ1v) is 6.25. The first-order valence-electron chi connectivity index (χ1n) is 4.66. The van der Waals surface area contributed by atoms with Crippen molar-refractivity contribution < 1.29 is 0 Å². The van der Waals surface area contributed by atoms with Gasteiger partial charge in [0.15, 0.2) is 4.60 Å². The maximum absolute atomic E-state index is 4.30. The molecule has 0 aromatic carbocycles. The SMILES string of the molecule is CCCc1[nH]nc(Br)c1-n1ccc(Br)n1. The van der Waals surface area contributed by atoms with Gasteiger partial charge in [-0.15, -0.1) is 0 Å². The number of aryl methyl sites for hydroxylation is 1. The lowest BCUT2D eigenvalue weighted by Crippen LogP contribution is -1.98. The molecule has 2 aromatic heterocycles. The van der Waals surface area contributed by atoms with Crippen LogP contribution in [0.1, 0.15) is 19.0 Å². The molecule has 1 N–H and O–H groups in total. The summed E-state index contributed by atoms with van der Waals surface area (Å²) >= 11 is 6.74. The highest BCUT2D eigenvalue weighted by molar-refractivity contribution is 9.10. The summed E-state index contributed by atoms with van der Waals surface area (Å²) in [7, 11) is 0. The van der Waals surface area contributed by atoms with Gasteiger partial charge in [0.1, 0.15) is 10.3 Å². The lowest BCUT2D eigenvalue weighted by molar-refractivity contribution is 0.819. The van der Waals surface area contributed by atoms with Crippen LogP contribution in [0.15, 0.2) is 21.5 Å². The van der Waals surface area contributed by atoms with Gasteiger partial charge in [0.05, 0.1) is 5.69 Å². The van der Waals surface area contributed by atoms with Crippen LogP contribution in [-0.2, 0) is 6.42 Å². The van der Waals surface area contributed by atoms with Crippen molar-refractivity contribution >= 4 is 31.9 Å². The number of halogens is 2. The Morgan fingerprint density at radius 1 is 1.47 bits per heavy atom. The van der Waals surface area contributed by atoms with Gasteiger partial charge in [-0.2, -0.15) is 10.2 Å². The van der Waals surface area contributed by atoms with E-state index in [4.69, 9.17) is 0 Å². The average Bonchev–Trinajstić information content (AvgIpc) is 2.74. The predicted molar refractivity (Wildman–Crippen MR) is 65.1 cm³/mol. The maximum Gasteiger partial charge on any atom is 0.153 e. The largest absolute Gasteiger partial charge is 0.279 e. The van der Waals surface area contributed by atoms with Crippen LogP contribution in [0.5, 0.6) is 0 Å². The second-order valence-electron chi connectivity index (χ2n) is 3.17. The molecule has 2 aromatic rings. The Balaban J connectivity index is 2.46. The Bertz CT molecular complexity index is 460. The molecule has 0 aliphatic carbocycles. The van der Waals surface area contributed by atoms with Crippen molar-refractivity contribution in [1.29, 1.82) is 0 Å². The summed E-state index contributed by atoms with van der Waals surface area (Å²) in [6.07, 6.45) is 3.94. The molecule has 0 unspecified atom stereocenters. The number of hydrogen-bond donors (Lipinski definition) is 1. The number of aromatic amines is 1. The summed E-state index contributed by atoms with van der Waals surface area (Å²) in [4.78, 5) is 0. The molecule has 80 valence electrons. The Morgan fingerprint density at radius 2 is 2.27 bits per heavy atom. The molecular weight excluding hydrogens is 324 g/mol. The normalized spacial score (nSPS) is 10.9. The fraction of sp³-hybridized carbons (Fsp3) is 0.333. The van der Waals surface area contributed by atoms with Crippen LogP contribution in [-0.4, -0.2) is 20.0 Å². The Kier molecular flexibility index (Phi) is 3.25. The molecule has 2 rings (SSSR count). The number of aromatic nitrogens is 4. The third kappa shape index (κ3) is 2.15. The molecule has 0 saturated carbocycles. The van der Waals surface area contributed by atoms with Gasteiger partial charge < -0.3 is 0 Å². The van der Waals surface area contributed by atoms with Crippen molar-refractivity contribution in [3.63, 3.8) is 0 Å². The van der Waals surface area contributed by atoms with E-state index in [1.54, 1.807) is 0 Å². The van der Waals surface area contributed by atoms with Gasteiger partial charge in [0, 0.05) is 6.20 Å². The Hall–Kier alpha value is -0.620. The van der Waals surface area contributed by atoms with Crippen molar-refractivity contribution in [1.82, 2.24) is 20.0 Å². The van der Waals surface area contributed by atoms with Crippen molar-refractivity contribution in [3.05, 3.63) is 27.2 Å². The lowest BCUT2D eigenvalue weighted by Gasteiger charge is -2.01. The molecule has 0 radical (unpaired) electrons. The number of H-pyrrole nitrogens is 1. The summed E-state index contributed by atoms with van der Waals surface area (Å²) in [5.41, 5.74) is 2.09. The Labute approximate surface area is 104 Å². The van der Waals surface area contributed by atoms with E-state index in [-0.39, 0.29) is 0 Å². The van der Waals surface area contributed by atoms with E-state index in [2.05, 4.69) is 54.1 Å². The maximum atomic E-state index is 4.30. The van der Waals surface area contributed by atoms with Crippen LogP contribution < -0.4 is 0 Å². The molecular formula is C9H10Br2N4. The zero-order valence-corrected chi connectivity index (χ0v) is 11.3. The summed E-state index contributed by atoms with van der Waals surface area (Å²) < 4.78 is 3.42. The molecule has 0 bridgehead atoms. The third-order valence-electron chi connectivity index (χ3n) is 2.06. The quantitative estimate of drug-likeness (QED) is 0.938. The van der Waals surface area contributed by atoms with Crippen LogP contribution in [0, 0.1) is 0 Å². The van der Waals surface area contributed by atoms with E-state index >= 15 is 0 Å². The minimum Gasteiger partial charge on any atom is -0.279 e. The first kappa shape index (κ1) is 10.9. The highest BCUT2D eigenvalue weighted by Crippen LogP contribution is 2.23. The second-order valence-corrected chi connectivity index (χ2v) is 4.74. The molecule has 0 saturated heterocycles. The van der Waals surface area contributed by atoms with Crippen molar-refractivity contribution in [2.45, 2.75) is 19.8 Å². The molecule has 6 heteroatoms. The third-order valence-corrected chi connectivity index (χ3v) is 3.03. The molecule has 0 aliphatic rings. The number of nitrogens with zero attached hydrogens (tertiary/aromatic N) is 3. The molecule has 0 fully saturated rings. The van der Waals surface area contributed by atoms with Crippen molar-refractivity contribution in [2.75, 3.05) is 0 Å². The monoisotopic (exact) mass is 332 g/mol. The van der Waals surface area contributed by atoms with Gasteiger partial charge in [0.2, 0.25) is 0 Å². The van der Waals surface area contributed by atoms with Gasteiger partial charge in [0.25, 0.3) is 0 Å². The minimum atomic E-state index is 0.793. The number of rotatable bonds is 3. The van der Waals surface area contributed by atoms with E-state index in [0.717, 1.165) is 33.4 Å². The highest BCUT2D eigenvalue weighted by atomic mass is 79.9. The van der Waals surface area contributed by atoms with E-state index in [1.807, 2.05) is 16.9 Å². The second kappa shape index (κ2) is 4.49. The topological polar surface area (TPSA) is 46.5 Å². The fourth-order valence-corrected chi connectivity index (χ4v) is 2.23. The highest BCUT2D eigenvalue weighted by Gasteiger charge is 2.13. The molecule has 0 aliphatic heterocycles. The van der Waals surface area contributed by atoms with E-state index in [9.17, 15) is 0 Å². The van der Waals surface area contributed by atoms with Gasteiger partial charge in [-0.1, -0.05) is 13.3 Å². The molecule has 0 spiro atoms. The van der Waals surface area contributed by atoms with E-state index in [1.165, 1.54) is 0 Å². The van der Waals surface area contributed by atoms with Crippen LogP contribution >= 0.6 is 31.9 Å². The fourth-order valence-electron chi connectivity index (χ4n) is 1.43. The van der Waals surface area contributed by atoms with Gasteiger partial charge in [-0.25, -0.2) is 4.68 Å². The van der Waals surface area contributed by atoms with Crippen LogP contribution in [0.4, 0.5) is 0 Å². The zero-order chi connectivity index (χ0) is 10.8. The van der Waals surface area contributed by atoms with Gasteiger partial charge in [-0.05, 0) is 44.3 Å². The Morgan fingerprint density at radius 3 is 2.87 bits per heavy atom. The molecule has 4 nitrogen and oxygen atoms in total. The zero-order valence-electron chi connectivity index (χ0n) is 8.17. The van der Waals surface area contributed by atoms with Gasteiger partial charge >= 0.3 is 0 Å². The van der Waals surface area contributed by atoms with E-state index < -0.39 is 0 Å². The van der Waals surface area contributed by atoms with Crippen molar-refractivity contribution in [2.24, 2.45) is 0 Å².